The van der Waals surface area contributed by atoms with Gasteiger partial charge in [0.05, 0.1) is 16.6 Å². The van der Waals surface area contributed by atoms with Crippen LogP contribution in [-0.4, -0.2) is 46.5 Å². The molecule has 2 fully saturated rings. The Kier molecular flexibility index (Phi) is 6.45. The molecule has 2 aromatic heterocycles. The molecular weight excluding hydrogens is 417 g/mol. The van der Waals surface area contributed by atoms with Crippen molar-refractivity contribution in [1.82, 2.24) is 14.3 Å². The Morgan fingerprint density at radius 1 is 1.09 bits per heavy atom. The molecule has 2 saturated heterocycles. The number of aromatic nitrogens is 2. The summed E-state index contributed by atoms with van der Waals surface area (Å²) in [5.41, 5.74) is 2.36. The van der Waals surface area contributed by atoms with Crippen molar-refractivity contribution in [3.8, 4) is 0 Å². The van der Waals surface area contributed by atoms with E-state index in [1.807, 2.05) is 24.5 Å². The van der Waals surface area contributed by atoms with Gasteiger partial charge in [-0.1, -0.05) is 18.2 Å². The molecule has 2 aliphatic heterocycles. The van der Waals surface area contributed by atoms with Crippen LogP contribution in [0.1, 0.15) is 43.4 Å². The third kappa shape index (κ3) is 4.67. The minimum atomic E-state index is -0.570. The van der Waals surface area contributed by atoms with Gasteiger partial charge in [-0.25, -0.2) is 4.39 Å². The van der Waals surface area contributed by atoms with E-state index in [2.05, 4.69) is 32.6 Å². The van der Waals surface area contributed by atoms with Crippen molar-refractivity contribution >= 4 is 11.4 Å². The number of carbonyl (C=O) groups is 1. The molecule has 33 heavy (non-hydrogen) atoms. The molecule has 1 atom stereocenters. The third-order valence-electron chi connectivity index (χ3n) is 7.54. The fraction of sp³-hybridized carbons (Fsp3) is 0.481. The number of nitrogens with zero attached hydrogens (tertiary/aromatic N) is 3. The van der Waals surface area contributed by atoms with Gasteiger partial charge in [0.1, 0.15) is 5.82 Å². The summed E-state index contributed by atoms with van der Waals surface area (Å²) in [4.78, 5) is 20.6. The molecule has 1 aromatic carbocycles. The average Bonchev–Trinajstić information content (AvgIpc) is 3.21. The highest BCUT2D eigenvalue weighted by atomic mass is 19.1. The zero-order valence-corrected chi connectivity index (χ0v) is 19.1. The second kappa shape index (κ2) is 9.64. The van der Waals surface area contributed by atoms with Crippen molar-refractivity contribution in [1.29, 1.82) is 0 Å². The normalized spacial score (nSPS) is 21.1. The van der Waals surface area contributed by atoms with E-state index >= 15 is 0 Å². The molecule has 0 spiro atoms. The molecule has 0 aliphatic carbocycles. The van der Waals surface area contributed by atoms with Gasteiger partial charge in [0, 0.05) is 44.9 Å². The molecule has 0 N–H and O–H groups in total. The van der Waals surface area contributed by atoms with Gasteiger partial charge in [-0.3, -0.25) is 9.78 Å². The summed E-state index contributed by atoms with van der Waals surface area (Å²) in [5.74, 6) is 0.467. The highest BCUT2D eigenvalue weighted by molar-refractivity contribution is 5.83. The summed E-state index contributed by atoms with van der Waals surface area (Å²) < 4.78 is 22.2. The van der Waals surface area contributed by atoms with Gasteiger partial charge in [0.15, 0.2) is 0 Å². The molecule has 1 unspecified atom stereocenters. The van der Waals surface area contributed by atoms with Crippen molar-refractivity contribution in [2.24, 2.45) is 11.3 Å². The topological polar surface area (TPSA) is 46.8 Å². The van der Waals surface area contributed by atoms with Crippen LogP contribution < -0.4 is 0 Å². The minimum absolute atomic E-state index is 0.182. The molecule has 0 radical (unpaired) electrons. The second-order valence-electron chi connectivity index (χ2n) is 9.63. The number of likely N-dealkylation sites (tertiary alicyclic amines) is 1. The zero-order valence-electron chi connectivity index (χ0n) is 19.1. The number of hydrogen-bond acceptors (Lipinski definition) is 3. The molecule has 1 amide bonds. The van der Waals surface area contributed by atoms with Gasteiger partial charge >= 0.3 is 0 Å². The van der Waals surface area contributed by atoms with E-state index in [1.54, 1.807) is 6.07 Å². The Balaban J connectivity index is 1.29. The molecule has 174 valence electrons. The van der Waals surface area contributed by atoms with Gasteiger partial charge in [-0.2, -0.15) is 0 Å². The molecule has 2 aliphatic rings. The lowest BCUT2D eigenvalue weighted by molar-refractivity contribution is -0.148. The van der Waals surface area contributed by atoms with E-state index < -0.39 is 5.41 Å². The predicted molar refractivity (Wildman–Crippen MR) is 125 cm³/mol. The van der Waals surface area contributed by atoms with E-state index in [9.17, 15) is 9.18 Å². The largest absolute Gasteiger partial charge is 0.381 e. The van der Waals surface area contributed by atoms with Crippen LogP contribution in [0.25, 0.3) is 5.52 Å². The molecule has 5 rings (SSSR count). The van der Waals surface area contributed by atoms with Crippen LogP contribution in [-0.2, 0) is 22.4 Å². The van der Waals surface area contributed by atoms with E-state index in [0.29, 0.717) is 44.0 Å². The van der Waals surface area contributed by atoms with Crippen molar-refractivity contribution in [2.45, 2.75) is 44.9 Å². The van der Waals surface area contributed by atoms with E-state index in [-0.39, 0.29) is 11.7 Å². The van der Waals surface area contributed by atoms with Crippen LogP contribution in [0, 0.1) is 17.2 Å². The number of rotatable bonds is 5. The monoisotopic (exact) mass is 449 g/mol. The minimum Gasteiger partial charge on any atom is -0.381 e. The van der Waals surface area contributed by atoms with Crippen LogP contribution in [0.5, 0.6) is 0 Å². The van der Waals surface area contributed by atoms with E-state index in [1.165, 1.54) is 11.6 Å². The summed E-state index contributed by atoms with van der Waals surface area (Å²) in [6, 6.07) is 11.0. The highest BCUT2D eigenvalue weighted by Gasteiger charge is 2.43. The first kappa shape index (κ1) is 22.1. The van der Waals surface area contributed by atoms with Gasteiger partial charge in [-0.15, -0.1) is 0 Å². The predicted octanol–water partition coefficient (Wildman–Crippen LogP) is 4.68. The van der Waals surface area contributed by atoms with Crippen molar-refractivity contribution in [3.63, 3.8) is 0 Å². The smallest absolute Gasteiger partial charge is 0.229 e. The van der Waals surface area contributed by atoms with Gasteiger partial charge in [-0.05, 0) is 74.6 Å². The lowest BCUT2D eigenvalue weighted by Crippen LogP contribution is -2.48. The van der Waals surface area contributed by atoms with Crippen molar-refractivity contribution < 1.29 is 13.9 Å². The Hall–Kier alpha value is -2.73. The average molecular weight is 450 g/mol. The summed E-state index contributed by atoms with van der Waals surface area (Å²) >= 11 is 0. The first-order valence-corrected chi connectivity index (χ1v) is 12.2. The lowest BCUT2D eigenvalue weighted by Gasteiger charge is -2.40. The maximum Gasteiger partial charge on any atom is 0.229 e. The van der Waals surface area contributed by atoms with Gasteiger partial charge < -0.3 is 14.0 Å². The standard InChI is InChI=1S/C27H32FN3O2/c28-23-7-2-1-6-22(23)20-27(10-17-33-18-11-27)26(32)31-14-3-5-21(9-15-31)19-24-25-8-4-13-30(25)16-12-29-24/h1-2,4,6-8,12-13,16,21H,3,5,9-11,14-15,17-20H2. The maximum atomic E-state index is 14.5. The van der Waals surface area contributed by atoms with Gasteiger partial charge in [0.2, 0.25) is 5.91 Å². The van der Waals surface area contributed by atoms with Crippen LogP contribution in [0.2, 0.25) is 0 Å². The molecule has 0 saturated carbocycles. The van der Waals surface area contributed by atoms with Crippen LogP contribution in [0.4, 0.5) is 4.39 Å². The number of benzene rings is 1. The van der Waals surface area contributed by atoms with Crippen molar-refractivity contribution in [3.05, 3.63) is 72.1 Å². The first-order valence-electron chi connectivity index (χ1n) is 12.2. The Bertz CT molecular complexity index is 1110. The molecule has 5 nitrogen and oxygen atoms in total. The van der Waals surface area contributed by atoms with Crippen molar-refractivity contribution in [2.75, 3.05) is 26.3 Å². The van der Waals surface area contributed by atoms with Crippen LogP contribution in [0.15, 0.2) is 55.0 Å². The number of fused-ring (bicyclic) bond motifs is 1. The summed E-state index contributed by atoms with van der Waals surface area (Å²) in [6.07, 6.45) is 11.6. The van der Waals surface area contributed by atoms with Gasteiger partial charge in [0.25, 0.3) is 0 Å². The Morgan fingerprint density at radius 3 is 2.79 bits per heavy atom. The highest BCUT2D eigenvalue weighted by Crippen LogP contribution is 2.38. The number of ether oxygens (including phenoxy) is 1. The molecule has 3 aromatic rings. The number of amides is 1. The Morgan fingerprint density at radius 2 is 1.94 bits per heavy atom. The summed E-state index contributed by atoms with van der Waals surface area (Å²) in [7, 11) is 0. The Labute approximate surface area is 194 Å². The fourth-order valence-corrected chi connectivity index (χ4v) is 5.60. The van der Waals surface area contributed by atoms with E-state index in [4.69, 9.17) is 4.74 Å². The maximum absolute atomic E-state index is 14.5. The first-order chi connectivity index (χ1) is 16.1. The second-order valence-corrected chi connectivity index (χ2v) is 9.63. The zero-order chi connectivity index (χ0) is 22.7. The quantitative estimate of drug-likeness (QED) is 0.568. The number of halogens is 1. The van der Waals surface area contributed by atoms with Crippen LogP contribution >= 0.6 is 0 Å². The SMILES string of the molecule is O=C(N1CCCC(Cc2nccn3cccc23)CC1)C1(Cc2ccccc2F)CCOCC1. The number of carbonyl (C=O) groups excluding carboxylic acids is 1. The fourth-order valence-electron chi connectivity index (χ4n) is 5.60. The number of hydrogen-bond donors (Lipinski definition) is 0. The molecular formula is C27H32FN3O2. The molecule has 6 heteroatoms. The summed E-state index contributed by atoms with van der Waals surface area (Å²) in [6.45, 7) is 2.65. The molecule has 4 heterocycles. The lowest BCUT2D eigenvalue weighted by atomic mass is 9.74. The van der Waals surface area contributed by atoms with E-state index in [0.717, 1.165) is 44.5 Å². The van der Waals surface area contributed by atoms with Crippen LogP contribution in [0.3, 0.4) is 0 Å². The summed E-state index contributed by atoms with van der Waals surface area (Å²) in [5, 5.41) is 0. The third-order valence-corrected chi connectivity index (χ3v) is 7.54. The molecule has 0 bridgehead atoms.